The number of benzene rings is 1. The molecule has 2 aromatic rings. The molecule has 114 valence electrons. The van der Waals surface area contributed by atoms with E-state index in [9.17, 15) is 9.59 Å². The van der Waals surface area contributed by atoms with Crippen LogP contribution in [0.1, 0.15) is 12.6 Å². The zero-order valence-electron chi connectivity index (χ0n) is 12.3. The summed E-state index contributed by atoms with van der Waals surface area (Å²) in [6.07, 6.45) is 1.81. The van der Waals surface area contributed by atoms with Gasteiger partial charge < -0.3 is 14.6 Å². The number of thioether (sulfide) groups is 1. The number of rotatable bonds is 3. The summed E-state index contributed by atoms with van der Waals surface area (Å²) in [6.45, 7) is 1.95. The molecular weight excluding hydrogens is 300 g/mol. The van der Waals surface area contributed by atoms with E-state index in [0.29, 0.717) is 11.4 Å². The fourth-order valence-electron chi connectivity index (χ4n) is 2.55. The number of anilines is 1. The quantitative estimate of drug-likeness (QED) is 0.698. The van der Waals surface area contributed by atoms with E-state index in [0.717, 1.165) is 4.90 Å². The lowest BCUT2D eigenvalue weighted by Crippen LogP contribution is -2.48. The Morgan fingerprint density at radius 2 is 2.09 bits per heavy atom. The van der Waals surface area contributed by atoms with Crippen molar-refractivity contribution in [1.82, 2.24) is 4.57 Å². The maximum atomic E-state index is 12.8. The number of nitrogens with zero attached hydrogens (tertiary/aromatic N) is 1. The summed E-state index contributed by atoms with van der Waals surface area (Å²) in [5.41, 5.74) is 1.31. The topological polar surface area (TPSA) is 60.3 Å². The normalized spacial score (nSPS) is 20.2. The summed E-state index contributed by atoms with van der Waals surface area (Å²) >= 11 is 1.23. The Morgan fingerprint density at radius 3 is 2.77 bits per heavy atom. The van der Waals surface area contributed by atoms with Crippen LogP contribution in [-0.4, -0.2) is 23.1 Å². The van der Waals surface area contributed by atoms with Crippen LogP contribution in [0.4, 0.5) is 5.69 Å². The molecule has 5 nitrogen and oxygen atoms in total. The average molecular weight is 316 g/mol. The van der Waals surface area contributed by atoms with Gasteiger partial charge in [0.1, 0.15) is 0 Å². The number of carbonyl (C=O) groups excluding carboxylic acids is 2. The van der Waals surface area contributed by atoms with Crippen molar-refractivity contribution in [2.24, 2.45) is 7.05 Å². The molecule has 0 bridgehead atoms. The van der Waals surface area contributed by atoms with Crippen LogP contribution in [0.3, 0.4) is 0 Å². The molecule has 0 fully saturated rings. The van der Waals surface area contributed by atoms with Gasteiger partial charge >= 0.3 is 5.97 Å². The van der Waals surface area contributed by atoms with Crippen LogP contribution in [0, 0.1) is 0 Å². The monoisotopic (exact) mass is 316 g/mol. The first-order valence-electron chi connectivity index (χ1n) is 6.98. The second-order valence-corrected chi connectivity index (χ2v) is 6.21. The maximum absolute atomic E-state index is 12.8. The SMILES string of the molecule is CCOC(=O)[C@]1(c2cccn2C)Sc2ccccc2NC1=O. The van der Waals surface area contributed by atoms with Crippen molar-refractivity contribution in [1.29, 1.82) is 0 Å². The Bertz CT molecular complexity index is 740. The second kappa shape index (κ2) is 5.53. The third-order valence-electron chi connectivity index (χ3n) is 3.59. The largest absolute Gasteiger partial charge is 0.464 e. The third kappa shape index (κ3) is 2.11. The van der Waals surface area contributed by atoms with Crippen molar-refractivity contribution >= 4 is 29.3 Å². The van der Waals surface area contributed by atoms with Gasteiger partial charge in [-0.1, -0.05) is 23.9 Å². The Balaban J connectivity index is 2.17. The number of esters is 1. The van der Waals surface area contributed by atoms with Crippen molar-refractivity contribution in [2.75, 3.05) is 11.9 Å². The van der Waals surface area contributed by atoms with Crippen LogP contribution in [0.15, 0.2) is 47.5 Å². The highest BCUT2D eigenvalue weighted by Gasteiger charge is 2.54. The molecule has 0 spiro atoms. The Kier molecular flexibility index (Phi) is 3.70. The minimum atomic E-state index is -1.43. The van der Waals surface area contributed by atoms with Crippen molar-refractivity contribution in [3.8, 4) is 0 Å². The van der Waals surface area contributed by atoms with Gasteiger partial charge in [-0.25, -0.2) is 4.79 Å². The zero-order chi connectivity index (χ0) is 15.7. The Hall–Kier alpha value is -2.21. The molecule has 1 aliphatic rings. The molecule has 1 amide bonds. The molecule has 0 saturated carbocycles. The number of ether oxygens (including phenoxy) is 1. The van der Waals surface area contributed by atoms with E-state index in [1.165, 1.54) is 11.8 Å². The minimum Gasteiger partial charge on any atom is -0.464 e. The van der Waals surface area contributed by atoms with Crippen LogP contribution in [0.2, 0.25) is 0 Å². The van der Waals surface area contributed by atoms with Crippen molar-refractivity contribution in [3.63, 3.8) is 0 Å². The lowest BCUT2D eigenvalue weighted by atomic mass is 10.0. The van der Waals surface area contributed by atoms with E-state index < -0.39 is 10.7 Å². The minimum absolute atomic E-state index is 0.223. The van der Waals surface area contributed by atoms with Gasteiger partial charge in [-0.2, -0.15) is 0 Å². The first-order valence-corrected chi connectivity index (χ1v) is 7.79. The van der Waals surface area contributed by atoms with Crippen molar-refractivity contribution in [3.05, 3.63) is 48.3 Å². The Labute approximate surface area is 132 Å². The van der Waals surface area contributed by atoms with Crippen molar-refractivity contribution < 1.29 is 14.3 Å². The van der Waals surface area contributed by atoms with Gasteiger partial charge in [0.2, 0.25) is 4.75 Å². The van der Waals surface area contributed by atoms with Gasteiger partial charge in [0.25, 0.3) is 5.91 Å². The lowest BCUT2D eigenvalue weighted by molar-refractivity contribution is -0.149. The van der Waals surface area contributed by atoms with Crippen LogP contribution in [0.25, 0.3) is 0 Å². The van der Waals surface area contributed by atoms with Crippen molar-refractivity contribution in [2.45, 2.75) is 16.6 Å². The van der Waals surface area contributed by atoms with Crippen LogP contribution >= 0.6 is 11.8 Å². The van der Waals surface area contributed by atoms with Crippen LogP contribution < -0.4 is 5.32 Å². The van der Waals surface area contributed by atoms with Gasteiger partial charge in [0, 0.05) is 18.1 Å². The number of amides is 1. The third-order valence-corrected chi connectivity index (χ3v) is 5.03. The maximum Gasteiger partial charge on any atom is 0.338 e. The highest BCUT2D eigenvalue weighted by Crippen LogP contribution is 2.49. The first-order chi connectivity index (χ1) is 10.6. The van der Waals surface area contributed by atoms with E-state index in [-0.39, 0.29) is 12.5 Å². The fraction of sp³-hybridized carbons (Fsp3) is 0.250. The Morgan fingerprint density at radius 1 is 1.32 bits per heavy atom. The predicted molar refractivity (Wildman–Crippen MR) is 84.7 cm³/mol. The highest BCUT2D eigenvalue weighted by atomic mass is 32.2. The predicted octanol–water partition coefficient (Wildman–Crippen LogP) is 2.53. The lowest BCUT2D eigenvalue weighted by Gasteiger charge is -2.34. The number of carbonyl (C=O) groups is 2. The molecule has 0 saturated heterocycles. The summed E-state index contributed by atoms with van der Waals surface area (Å²) in [6, 6.07) is 11.0. The van der Waals surface area contributed by atoms with E-state index in [1.807, 2.05) is 43.6 Å². The molecule has 2 heterocycles. The van der Waals surface area contributed by atoms with Gasteiger partial charge in [-0.05, 0) is 31.2 Å². The number of fused-ring (bicyclic) bond motifs is 1. The summed E-state index contributed by atoms with van der Waals surface area (Å²) in [7, 11) is 1.81. The molecule has 22 heavy (non-hydrogen) atoms. The number of hydrogen-bond donors (Lipinski definition) is 1. The molecule has 0 unspecified atom stereocenters. The molecule has 0 aliphatic carbocycles. The standard InChI is InChI=1S/C16H16N2O3S/c1-3-21-15(20)16(13-9-6-10-18(13)2)14(19)17-11-7-4-5-8-12(11)22-16/h4-10H,3H2,1-2H3,(H,17,19)/t16-/m1/s1. The molecule has 1 atom stereocenters. The summed E-state index contributed by atoms with van der Waals surface area (Å²) in [5, 5.41) is 2.83. The number of aryl methyl sites for hydroxylation is 1. The summed E-state index contributed by atoms with van der Waals surface area (Å²) in [4.78, 5) is 26.3. The molecule has 1 aromatic heterocycles. The van der Waals surface area contributed by atoms with Gasteiger partial charge in [-0.15, -0.1) is 0 Å². The second-order valence-electron chi connectivity index (χ2n) is 4.96. The molecule has 6 heteroatoms. The van der Waals surface area contributed by atoms with E-state index >= 15 is 0 Å². The smallest absolute Gasteiger partial charge is 0.338 e. The van der Waals surface area contributed by atoms with E-state index in [2.05, 4.69) is 5.32 Å². The van der Waals surface area contributed by atoms with E-state index in [1.54, 1.807) is 17.6 Å². The molecule has 1 aromatic carbocycles. The molecule has 0 radical (unpaired) electrons. The first kappa shape index (κ1) is 14.7. The number of hydrogen-bond acceptors (Lipinski definition) is 4. The average Bonchev–Trinajstić information content (AvgIpc) is 2.93. The molecule has 1 aliphatic heterocycles. The fourth-order valence-corrected chi connectivity index (χ4v) is 3.86. The summed E-state index contributed by atoms with van der Waals surface area (Å²) < 4.78 is 5.56. The van der Waals surface area contributed by atoms with Crippen LogP contribution in [-0.2, 0) is 26.1 Å². The summed E-state index contributed by atoms with van der Waals surface area (Å²) in [5.74, 6) is -0.926. The van der Waals surface area contributed by atoms with Gasteiger partial charge in [0.05, 0.1) is 18.0 Å². The van der Waals surface area contributed by atoms with E-state index in [4.69, 9.17) is 4.74 Å². The van der Waals surface area contributed by atoms with Gasteiger partial charge in [0.15, 0.2) is 0 Å². The zero-order valence-corrected chi connectivity index (χ0v) is 13.1. The molecule has 1 N–H and O–H groups in total. The number of nitrogens with one attached hydrogen (secondary N) is 1. The van der Waals surface area contributed by atoms with Crippen LogP contribution in [0.5, 0.6) is 0 Å². The molecule has 3 rings (SSSR count). The van der Waals surface area contributed by atoms with Gasteiger partial charge in [-0.3, -0.25) is 4.79 Å². The number of aromatic nitrogens is 1. The highest BCUT2D eigenvalue weighted by molar-refractivity contribution is 8.02. The molecular formula is C16H16N2O3S. The number of para-hydroxylation sites is 1.